The van der Waals surface area contributed by atoms with Gasteiger partial charge >= 0.3 is 53.2 Å². The van der Waals surface area contributed by atoms with Gasteiger partial charge in [-0.05, 0) is 0 Å². The molecule has 0 saturated carbocycles. The molecule has 0 aliphatic heterocycles. The van der Waals surface area contributed by atoms with E-state index < -0.39 is 0 Å². The fourth-order valence-electron chi connectivity index (χ4n) is 0.372. The topological polar surface area (TPSA) is 0 Å². The minimum atomic E-state index is 1.15. The average Bonchev–Trinajstić information content (AvgIpc) is 1.69. The van der Waals surface area contributed by atoms with E-state index in [4.69, 9.17) is 16.0 Å². The van der Waals surface area contributed by atoms with E-state index in [0.717, 1.165) is 6.42 Å². The maximum atomic E-state index is 4.71. The van der Waals surface area contributed by atoms with Crippen molar-refractivity contribution in [2.75, 3.05) is 0 Å². The molecule has 0 aromatic rings. The average molecular weight is 147 g/mol. The molecule has 0 nitrogen and oxygen atoms in total. The first-order valence-corrected chi connectivity index (χ1v) is 3.17. The Morgan fingerprint density at radius 1 is 1.57 bits per heavy atom. The monoisotopic (exact) mass is 146 g/mol. The second-order valence-electron chi connectivity index (χ2n) is 1.48. The van der Waals surface area contributed by atoms with Crippen molar-refractivity contribution in [3.8, 4) is 0 Å². The van der Waals surface area contributed by atoms with Gasteiger partial charge in [-0.2, -0.15) is 0 Å². The van der Waals surface area contributed by atoms with Crippen LogP contribution in [0.25, 0.3) is 0 Å². The number of hydrogen-bond acceptors (Lipinski definition) is 0. The molecule has 0 aliphatic carbocycles. The summed E-state index contributed by atoms with van der Waals surface area (Å²) in [5.41, 5.74) is 0. The fourth-order valence-corrected chi connectivity index (χ4v) is 0.529. The van der Waals surface area contributed by atoms with E-state index in [-0.39, 0.29) is 0 Å². The van der Waals surface area contributed by atoms with E-state index in [1.54, 1.807) is 4.97 Å². The van der Waals surface area contributed by atoms with Crippen molar-refractivity contribution in [1.82, 2.24) is 0 Å². The zero-order valence-electron chi connectivity index (χ0n) is 4.58. The first kappa shape index (κ1) is 7.26. The Morgan fingerprint density at radius 2 is 2.29 bits per heavy atom. The Bertz CT molecular complexity index is 48.1. The zero-order valence-corrected chi connectivity index (χ0v) is 5.52. The molecule has 0 fully saturated rings. The summed E-state index contributed by atoms with van der Waals surface area (Å²) in [4.78, 5) is 1.67. The van der Waals surface area contributed by atoms with Crippen molar-refractivity contribution in [3.63, 3.8) is 0 Å². The summed E-state index contributed by atoms with van der Waals surface area (Å²) in [5, 5.41) is 0. The Kier molecular flexibility index (Phi) is 6.49. The molecule has 0 radical (unpaired) electrons. The second kappa shape index (κ2) is 6.26. The molecule has 0 saturated heterocycles. The van der Waals surface area contributed by atoms with Gasteiger partial charge in [0, 0.05) is 0 Å². The predicted octanol–water partition coefficient (Wildman–Crippen LogP) is 2.24. The van der Waals surface area contributed by atoms with Crippen molar-refractivity contribution in [3.05, 3.63) is 11.1 Å². The van der Waals surface area contributed by atoms with Crippen molar-refractivity contribution >= 4 is 0 Å². The van der Waals surface area contributed by atoms with Gasteiger partial charge in [-0.1, -0.05) is 0 Å². The van der Waals surface area contributed by atoms with Crippen LogP contribution in [-0.2, 0) is 16.0 Å². The zero-order chi connectivity index (χ0) is 5.54. The summed E-state index contributed by atoms with van der Waals surface area (Å²) >= 11 is 4.71. The van der Waals surface area contributed by atoms with Gasteiger partial charge in [0.15, 0.2) is 0 Å². The molecule has 0 spiro atoms. The van der Waals surface area contributed by atoms with E-state index in [1.165, 1.54) is 12.8 Å². The Labute approximate surface area is 53.8 Å². The van der Waals surface area contributed by atoms with Gasteiger partial charge in [0.25, 0.3) is 0 Å². The summed E-state index contributed by atoms with van der Waals surface area (Å²) in [6.07, 6.45) is 5.69. The standard InChI is InChI=1S/C6H11.Cu/c1-3-5-6-4-2;/h1,3H,4-6H2,2H3;. The normalized spacial score (nSPS) is 10.7. The van der Waals surface area contributed by atoms with E-state index >= 15 is 0 Å². The Morgan fingerprint density at radius 3 is 2.71 bits per heavy atom. The Balaban J connectivity index is 2.69. The molecule has 0 bridgehead atoms. The van der Waals surface area contributed by atoms with Crippen molar-refractivity contribution < 1.29 is 16.0 Å². The van der Waals surface area contributed by atoms with Crippen LogP contribution in [0.5, 0.6) is 0 Å². The summed E-state index contributed by atoms with van der Waals surface area (Å²) in [5.74, 6) is 0. The maximum absolute atomic E-state index is 4.71. The van der Waals surface area contributed by atoms with Crippen molar-refractivity contribution in [1.29, 1.82) is 0 Å². The molecule has 7 heavy (non-hydrogen) atoms. The van der Waals surface area contributed by atoms with E-state index in [0.29, 0.717) is 0 Å². The van der Waals surface area contributed by atoms with E-state index in [9.17, 15) is 0 Å². The van der Waals surface area contributed by atoms with Gasteiger partial charge in [0.05, 0.1) is 0 Å². The molecule has 0 aromatic heterocycles. The van der Waals surface area contributed by atoms with E-state index in [2.05, 4.69) is 6.92 Å². The molecule has 0 atom stereocenters. The summed E-state index contributed by atoms with van der Waals surface area (Å²) in [7, 11) is 0. The van der Waals surface area contributed by atoms with Crippen molar-refractivity contribution in [2.24, 2.45) is 0 Å². The molecule has 0 aliphatic rings. The molecular weight excluding hydrogens is 136 g/mol. The van der Waals surface area contributed by atoms with Crippen LogP contribution in [0.1, 0.15) is 26.2 Å². The van der Waals surface area contributed by atoms with Crippen LogP contribution in [0.4, 0.5) is 0 Å². The molecule has 0 unspecified atom stereocenters. The van der Waals surface area contributed by atoms with Crippen LogP contribution >= 0.6 is 0 Å². The van der Waals surface area contributed by atoms with Gasteiger partial charge in [0.2, 0.25) is 0 Å². The van der Waals surface area contributed by atoms with Crippen LogP contribution in [0.3, 0.4) is 0 Å². The van der Waals surface area contributed by atoms with Crippen LogP contribution in [-0.4, -0.2) is 0 Å². The SMILES string of the molecule is CCCC/C=[CH]/[Cu]. The van der Waals surface area contributed by atoms with Gasteiger partial charge in [-0.15, -0.1) is 0 Å². The van der Waals surface area contributed by atoms with Crippen LogP contribution < -0.4 is 0 Å². The predicted molar refractivity (Wildman–Crippen MR) is 28.7 cm³/mol. The summed E-state index contributed by atoms with van der Waals surface area (Å²) < 4.78 is 0. The second-order valence-corrected chi connectivity index (χ2v) is 1.79. The van der Waals surface area contributed by atoms with Gasteiger partial charge < -0.3 is 0 Å². The van der Waals surface area contributed by atoms with Gasteiger partial charge in [0.1, 0.15) is 0 Å². The number of hydrogen-bond donors (Lipinski definition) is 0. The third-order valence-corrected chi connectivity index (χ3v) is 1.02. The first-order chi connectivity index (χ1) is 3.41. The summed E-state index contributed by atoms with van der Waals surface area (Å²) in [6.45, 7) is 2.18. The quantitative estimate of drug-likeness (QED) is 0.423. The van der Waals surface area contributed by atoms with Crippen LogP contribution in [0.2, 0.25) is 0 Å². The fraction of sp³-hybridized carbons (Fsp3) is 0.667. The third-order valence-electron chi connectivity index (χ3n) is 0.795. The summed E-state index contributed by atoms with van der Waals surface area (Å²) in [6, 6.07) is 0. The molecule has 0 aromatic carbocycles. The number of allylic oxidation sites excluding steroid dienone is 1. The molecule has 0 N–H and O–H groups in total. The minimum absolute atomic E-state index is 1.15. The number of rotatable bonds is 3. The van der Waals surface area contributed by atoms with Gasteiger partial charge in [-0.3, -0.25) is 0 Å². The van der Waals surface area contributed by atoms with Crippen molar-refractivity contribution in [2.45, 2.75) is 26.2 Å². The number of unbranched alkanes of at least 4 members (excludes halogenated alkanes) is 2. The molecular formula is C6H11Cu. The molecule has 1 heteroatoms. The first-order valence-electron chi connectivity index (χ1n) is 2.62. The van der Waals surface area contributed by atoms with Crippen LogP contribution in [0, 0.1) is 0 Å². The molecule has 0 heterocycles. The molecule has 46 valence electrons. The molecule has 0 rings (SSSR count). The Hall–Kier alpha value is 0.259. The van der Waals surface area contributed by atoms with Gasteiger partial charge in [-0.25, -0.2) is 0 Å². The molecule has 0 amide bonds. The van der Waals surface area contributed by atoms with E-state index in [1.807, 2.05) is 6.08 Å². The van der Waals surface area contributed by atoms with Crippen LogP contribution in [0.15, 0.2) is 11.1 Å². The third kappa shape index (κ3) is 6.26.